The number of hydrogen-bond donors (Lipinski definition) is 2. The third-order valence-corrected chi connectivity index (χ3v) is 4.11. The van der Waals surface area contributed by atoms with Crippen molar-refractivity contribution in [3.63, 3.8) is 0 Å². The molecule has 1 fully saturated rings. The van der Waals surface area contributed by atoms with Crippen LogP contribution in [0, 0.1) is 6.92 Å². The quantitative estimate of drug-likeness (QED) is 0.787. The lowest BCUT2D eigenvalue weighted by molar-refractivity contribution is 0.237. The van der Waals surface area contributed by atoms with Gasteiger partial charge in [-0.1, -0.05) is 15.9 Å². The summed E-state index contributed by atoms with van der Waals surface area (Å²) in [5.41, 5.74) is 2.56. The Labute approximate surface area is 124 Å². The summed E-state index contributed by atoms with van der Waals surface area (Å²) < 4.78 is 1.15. The van der Waals surface area contributed by atoms with E-state index in [4.69, 9.17) is 0 Å². The molecule has 0 saturated carbocycles. The lowest BCUT2D eigenvalue weighted by atomic mass is 10.2. The second-order valence-electron chi connectivity index (χ2n) is 5.18. The van der Waals surface area contributed by atoms with Gasteiger partial charge in [0.1, 0.15) is 0 Å². The zero-order valence-electron chi connectivity index (χ0n) is 11.7. The van der Waals surface area contributed by atoms with E-state index in [1.54, 1.807) is 0 Å². The van der Waals surface area contributed by atoms with Crippen LogP contribution in [0.3, 0.4) is 0 Å². The summed E-state index contributed by atoms with van der Waals surface area (Å²) in [4.78, 5) is 2.56. The fraction of sp³-hybridized carbons (Fsp3) is 0.600. The Morgan fingerprint density at radius 3 is 2.79 bits per heavy atom. The van der Waals surface area contributed by atoms with Gasteiger partial charge < -0.3 is 15.5 Å². The van der Waals surface area contributed by atoms with Crippen molar-refractivity contribution >= 4 is 21.6 Å². The molecule has 4 heteroatoms. The first kappa shape index (κ1) is 14.8. The van der Waals surface area contributed by atoms with Crippen molar-refractivity contribution in [2.24, 2.45) is 0 Å². The first-order chi connectivity index (χ1) is 9.25. The number of hydrogen-bond acceptors (Lipinski definition) is 3. The number of unbranched alkanes of at least 4 members (excludes halogenated alkanes) is 1. The molecule has 19 heavy (non-hydrogen) atoms. The lowest BCUT2D eigenvalue weighted by Crippen LogP contribution is -2.43. The number of nitrogens with zero attached hydrogens (tertiary/aromatic N) is 1. The van der Waals surface area contributed by atoms with Gasteiger partial charge in [-0.2, -0.15) is 0 Å². The minimum absolute atomic E-state index is 1.06. The van der Waals surface area contributed by atoms with Crippen molar-refractivity contribution in [3.05, 3.63) is 28.2 Å². The Morgan fingerprint density at radius 1 is 1.26 bits per heavy atom. The number of nitrogens with one attached hydrogen (secondary N) is 2. The SMILES string of the molecule is Cc1cc(Br)ccc1NCCCCN1CCNCC1. The lowest BCUT2D eigenvalue weighted by Gasteiger charge is -2.27. The Kier molecular flexibility index (Phi) is 6.14. The van der Waals surface area contributed by atoms with E-state index in [1.165, 1.54) is 43.7 Å². The van der Waals surface area contributed by atoms with E-state index in [9.17, 15) is 0 Å². The highest BCUT2D eigenvalue weighted by Crippen LogP contribution is 2.19. The summed E-state index contributed by atoms with van der Waals surface area (Å²) in [6, 6.07) is 6.40. The van der Waals surface area contributed by atoms with Crippen LogP contribution in [0.1, 0.15) is 18.4 Å². The molecule has 2 N–H and O–H groups in total. The monoisotopic (exact) mass is 325 g/mol. The molecule has 1 heterocycles. The van der Waals surface area contributed by atoms with E-state index < -0.39 is 0 Å². The zero-order chi connectivity index (χ0) is 13.5. The molecule has 0 unspecified atom stereocenters. The maximum Gasteiger partial charge on any atom is 0.0370 e. The van der Waals surface area contributed by atoms with Crippen LogP contribution in [0.4, 0.5) is 5.69 Å². The molecular weight excluding hydrogens is 302 g/mol. The highest BCUT2D eigenvalue weighted by Gasteiger charge is 2.08. The van der Waals surface area contributed by atoms with Gasteiger partial charge in [0.15, 0.2) is 0 Å². The molecule has 0 bridgehead atoms. The summed E-state index contributed by atoms with van der Waals surface area (Å²) in [7, 11) is 0. The Balaban J connectivity index is 1.61. The topological polar surface area (TPSA) is 27.3 Å². The predicted octanol–water partition coefficient (Wildman–Crippen LogP) is 2.85. The largest absolute Gasteiger partial charge is 0.385 e. The average molecular weight is 326 g/mol. The molecule has 1 aromatic rings. The third-order valence-electron chi connectivity index (χ3n) is 3.61. The summed E-state index contributed by atoms with van der Waals surface area (Å²) in [6.07, 6.45) is 2.52. The van der Waals surface area contributed by atoms with Gasteiger partial charge in [-0.3, -0.25) is 0 Å². The van der Waals surface area contributed by atoms with Gasteiger partial charge in [0.2, 0.25) is 0 Å². The highest BCUT2D eigenvalue weighted by molar-refractivity contribution is 9.10. The van der Waals surface area contributed by atoms with Crippen molar-refractivity contribution in [3.8, 4) is 0 Å². The fourth-order valence-corrected chi connectivity index (χ4v) is 2.92. The minimum Gasteiger partial charge on any atom is -0.385 e. The molecular formula is C15H24BrN3. The minimum atomic E-state index is 1.06. The number of anilines is 1. The number of rotatable bonds is 6. The maximum atomic E-state index is 3.53. The predicted molar refractivity (Wildman–Crippen MR) is 85.9 cm³/mol. The first-order valence-electron chi connectivity index (χ1n) is 7.19. The van der Waals surface area contributed by atoms with Crippen LogP contribution >= 0.6 is 15.9 Å². The summed E-state index contributed by atoms with van der Waals surface area (Å²) in [5, 5.41) is 6.92. The van der Waals surface area contributed by atoms with Crippen molar-refractivity contribution in [1.29, 1.82) is 0 Å². The molecule has 0 radical (unpaired) electrons. The van der Waals surface area contributed by atoms with Gasteiger partial charge in [0.05, 0.1) is 0 Å². The summed E-state index contributed by atoms with van der Waals surface area (Å²) >= 11 is 3.49. The van der Waals surface area contributed by atoms with Gasteiger partial charge in [-0.05, 0) is 50.1 Å². The molecule has 1 saturated heterocycles. The van der Waals surface area contributed by atoms with Crippen molar-refractivity contribution < 1.29 is 0 Å². The van der Waals surface area contributed by atoms with Crippen LogP contribution in [-0.4, -0.2) is 44.2 Å². The average Bonchev–Trinajstić information content (AvgIpc) is 2.42. The molecule has 1 aliphatic rings. The van der Waals surface area contributed by atoms with Crippen molar-refractivity contribution in [1.82, 2.24) is 10.2 Å². The van der Waals surface area contributed by atoms with E-state index in [2.05, 4.69) is 56.6 Å². The Bertz CT molecular complexity index is 389. The first-order valence-corrected chi connectivity index (χ1v) is 7.98. The van der Waals surface area contributed by atoms with Crippen molar-refractivity contribution in [2.75, 3.05) is 44.6 Å². The van der Waals surface area contributed by atoms with Gasteiger partial charge in [-0.25, -0.2) is 0 Å². The van der Waals surface area contributed by atoms with Crippen LogP contribution < -0.4 is 10.6 Å². The second-order valence-corrected chi connectivity index (χ2v) is 6.10. The molecule has 2 rings (SSSR count). The maximum absolute atomic E-state index is 3.53. The molecule has 1 aromatic carbocycles. The van der Waals surface area contributed by atoms with E-state index >= 15 is 0 Å². The Morgan fingerprint density at radius 2 is 2.05 bits per heavy atom. The number of halogens is 1. The van der Waals surface area contributed by atoms with Crippen LogP contribution in [0.15, 0.2) is 22.7 Å². The van der Waals surface area contributed by atoms with Crippen molar-refractivity contribution in [2.45, 2.75) is 19.8 Å². The van der Waals surface area contributed by atoms with E-state index in [-0.39, 0.29) is 0 Å². The highest BCUT2D eigenvalue weighted by atomic mass is 79.9. The molecule has 0 atom stereocenters. The molecule has 0 amide bonds. The number of benzene rings is 1. The number of piperazine rings is 1. The van der Waals surface area contributed by atoms with E-state index in [0.717, 1.165) is 24.1 Å². The smallest absolute Gasteiger partial charge is 0.0370 e. The van der Waals surface area contributed by atoms with E-state index in [1.807, 2.05) is 0 Å². The van der Waals surface area contributed by atoms with Gasteiger partial charge in [0.25, 0.3) is 0 Å². The van der Waals surface area contributed by atoms with Crippen LogP contribution in [0.25, 0.3) is 0 Å². The number of aryl methyl sites for hydroxylation is 1. The zero-order valence-corrected chi connectivity index (χ0v) is 13.3. The van der Waals surface area contributed by atoms with Gasteiger partial charge in [-0.15, -0.1) is 0 Å². The molecule has 106 valence electrons. The molecule has 0 aromatic heterocycles. The standard InChI is InChI=1S/C15H24BrN3/c1-13-12-14(16)4-5-15(13)18-6-2-3-9-19-10-7-17-8-11-19/h4-5,12,17-18H,2-3,6-11H2,1H3. The third kappa shape index (κ3) is 5.13. The second kappa shape index (κ2) is 7.88. The molecule has 0 aliphatic carbocycles. The fourth-order valence-electron chi connectivity index (χ4n) is 2.44. The van der Waals surface area contributed by atoms with Crippen LogP contribution in [-0.2, 0) is 0 Å². The normalized spacial score (nSPS) is 16.5. The van der Waals surface area contributed by atoms with Gasteiger partial charge in [0, 0.05) is 42.9 Å². The van der Waals surface area contributed by atoms with Crippen LogP contribution in [0.2, 0.25) is 0 Å². The van der Waals surface area contributed by atoms with Crippen LogP contribution in [0.5, 0.6) is 0 Å². The molecule has 3 nitrogen and oxygen atoms in total. The Hall–Kier alpha value is -0.580. The summed E-state index contributed by atoms with van der Waals surface area (Å²) in [5.74, 6) is 0. The van der Waals surface area contributed by atoms with Gasteiger partial charge >= 0.3 is 0 Å². The molecule has 0 spiro atoms. The summed E-state index contributed by atoms with van der Waals surface area (Å²) in [6.45, 7) is 9.16. The van der Waals surface area contributed by atoms with E-state index in [0.29, 0.717) is 0 Å². The molecule has 1 aliphatic heterocycles.